The maximum Gasteiger partial charge on any atom is 0.328 e. The van der Waals surface area contributed by atoms with Gasteiger partial charge in [-0.15, -0.1) is 0 Å². The summed E-state index contributed by atoms with van der Waals surface area (Å²) in [4.78, 5) is 91.1. The fourth-order valence-electron chi connectivity index (χ4n) is 8.61. The molecule has 1 aromatic heterocycles. The molecule has 8 atom stereocenters. The number of aromatic nitrogens is 1. The molecule has 4 rings (SSSR count). The van der Waals surface area contributed by atoms with Gasteiger partial charge in [0.25, 0.3) is 0 Å². The zero-order valence-electron chi connectivity index (χ0n) is 41.5. The van der Waals surface area contributed by atoms with Crippen molar-refractivity contribution in [1.82, 2.24) is 35.2 Å². The number of aliphatic hydroxyl groups is 1. The monoisotopic (exact) mass is 916 g/mol. The molecule has 364 valence electrons. The Kier molecular flexibility index (Phi) is 19.4. The van der Waals surface area contributed by atoms with Gasteiger partial charge in [0, 0.05) is 51.2 Å². The summed E-state index contributed by atoms with van der Waals surface area (Å²) in [5.41, 5.74) is 2.82. The lowest BCUT2D eigenvalue weighted by Gasteiger charge is -2.36. The van der Waals surface area contributed by atoms with E-state index in [4.69, 9.17) is 4.74 Å². The van der Waals surface area contributed by atoms with Gasteiger partial charge in [-0.05, 0) is 80.4 Å². The van der Waals surface area contributed by atoms with Gasteiger partial charge in [-0.3, -0.25) is 29.3 Å². The summed E-state index contributed by atoms with van der Waals surface area (Å²) in [6.07, 6.45) is 0.436. The number of ether oxygens (including phenoxy) is 1. The molecule has 15 heteroatoms. The zero-order chi connectivity index (χ0) is 49.2. The Morgan fingerprint density at radius 1 is 0.606 bits per heavy atom. The second-order valence-corrected chi connectivity index (χ2v) is 20.0. The average molecular weight is 916 g/mol. The smallest absolute Gasteiger partial charge is 0.328 e. The number of nitrogens with zero attached hydrogens (tertiary/aromatic N) is 4. The lowest BCUT2D eigenvalue weighted by molar-refractivity contribution is -0.164. The van der Waals surface area contributed by atoms with Gasteiger partial charge in [-0.1, -0.05) is 104 Å². The first-order valence-electron chi connectivity index (χ1n) is 23.7. The van der Waals surface area contributed by atoms with Crippen molar-refractivity contribution in [2.24, 2.45) is 23.7 Å². The van der Waals surface area contributed by atoms with E-state index in [1.165, 1.54) is 42.6 Å². The number of amides is 5. The Morgan fingerprint density at radius 3 is 1.64 bits per heavy atom. The number of hydrogen-bond donors (Lipinski definition) is 4. The predicted molar refractivity (Wildman–Crippen MR) is 257 cm³/mol. The van der Waals surface area contributed by atoms with Crippen LogP contribution in [-0.2, 0) is 46.5 Å². The van der Waals surface area contributed by atoms with Gasteiger partial charge in [0.2, 0.25) is 29.5 Å². The van der Waals surface area contributed by atoms with Crippen LogP contribution in [0.1, 0.15) is 106 Å². The quantitative estimate of drug-likeness (QED) is 0.180. The van der Waals surface area contributed by atoms with Gasteiger partial charge < -0.3 is 39.7 Å². The van der Waals surface area contributed by atoms with Crippen molar-refractivity contribution in [2.75, 3.05) is 21.1 Å². The molecule has 66 heavy (non-hydrogen) atoms. The Balaban J connectivity index is 1.89. The van der Waals surface area contributed by atoms with Gasteiger partial charge in [0.15, 0.2) is 0 Å². The minimum Gasteiger partial charge on any atom is -0.457 e. The second-order valence-electron chi connectivity index (χ2n) is 20.0. The summed E-state index contributed by atoms with van der Waals surface area (Å²) < 4.78 is 7.81. The molecule has 0 radical (unpaired) electrons. The molecule has 0 bridgehead atoms. The van der Waals surface area contributed by atoms with Crippen molar-refractivity contribution in [1.29, 1.82) is 0 Å². The van der Waals surface area contributed by atoms with Gasteiger partial charge >= 0.3 is 5.97 Å². The van der Waals surface area contributed by atoms with Crippen LogP contribution in [0.25, 0.3) is 10.9 Å². The van der Waals surface area contributed by atoms with E-state index in [9.17, 15) is 24.3 Å². The predicted octanol–water partition coefficient (Wildman–Crippen LogP) is 5.11. The van der Waals surface area contributed by atoms with Crippen LogP contribution in [0, 0.1) is 23.7 Å². The summed E-state index contributed by atoms with van der Waals surface area (Å²) in [6.45, 7) is 19.0. The number of benzene rings is 2. The standard InChI is InChI=1S/C51H77N7O8/c1-30(2)23-39-48(62)55(11)34(9)51(65)66-35(10)45(59)52-40(24-31(3)4)49(63)56(12)43(26-33(7)8)46(60)54-41(25-32(5)6)50(64)57(13)44(47(61)53-39)27-37-29-58(28-36-19-15-14-16-20-36)42-22-18-17-21-38(37)42/h14-22,29-35,39-41,43-45,52,59H,23-28H2,1-13H3,(H,53,61)(H,54,60)/t34-,35+,39-,40-,41-,43-,44-,45?/m0/s1. The number of likely N-dealkylation sites (N-methyl/N-ethyl adjacent to an activating group) is 3. The van der Waals surface area contributed by atoms with Gasteiger partial charge in [0.1, 0.15) is 42.5 Å². The first-order chi connectivity index (χ1) is 31.0. The van der Waals surface area contributed by atoms with Crippen LogP contribution in [0.4, 0.5) is 0 Å². The molecule has 2 heterocycles. The Bertz CT molecular complexity index is 2120. The fraction of sp³-hybridized carbons (Fsp3) is 0.608. The van der Waals surface area contributed by atoms with E-state index in [-0.39, 0.29) is 55.8 Å². The van der Waals surface area contributed by atoms with E-state index in [1.807, 2.05) is 116 Å². The summed E-state index contributed by atoms with van der Waals surface area (Å²) in [5, 5.41) is 21.2. The molecule has 1 fully saturated rings. The van der Waals surface area contributed by atoms with E-state index in [1.54, 1.807) is 7.05 Å². The van der Waals surface area contributed by atoms with Gasteiger partial charge in [0.05, 0.1) is 6.04 Å². The lowest BCUT2D eigenvalue weighted by Crippen LogP contribution is -2.60. The summed E-state index contributed by atoms with van der Waals surface area (Å²) >= 11 is 0. The third kappa shape index (κ3) is 14.1. The first-order valence-corrected chi connectivity index (χ1v) is 23.7. The number of fused-ring (bicyclic) bond motifs is 1. The minimum absolute atomic E-state index is 0.0107. The first kappa shape index (κ1) is 53.3. The molecule has 1 aliphatic rings. The van der Waals surface area contributed by atoms with Crippen LogP contribution >= 0.6 is 0 Å². The van der Waals surface area contributed by atoms with Crippen molar-refractivity contribution < 1.29 is 38.6 Å². The molecule has 4 N–H and O–H groups in total. The van der Waals surface area contributed by atoms with Crippen molar-refractivity contribution in [2.45, 2.75) is 156 Å². The maximum atomic E-state index is 15.0. The molecule has 3 aromatic rings. The van der Waals surface area contributed by atoms with E-state index in [2.05, 4.69) is 20.5 Å². The van der Waals surface area contributed by atoms with Crippen LogP contribution in [-0.4, -0.2) is 130 Å². The molecule has 15 nitrogen and oxygen atoms in total. The topological polar surface area (TPSA) is 183 Å². The average Bonchev–Trinajstić information content (AvgIpc) is 3.60. The highest BCUT2D eigenvalue weighted by atomic mass is 16.6. The molecule has 1 aliphatic heterocycles. The molecule has 2 aromatic carbocycles. The Hall–Kier alpha value is -5.28. The van der Waals surface area contributed by atoms with Crippen molar-refractivity contribution in [3.8, 4) is 0 Å². The molecule has 1 unspecified atom stereocenters. The van der Waals surface area contributed by atoms with Crippen LogP contribution in [0.2, 0.25) is 0 Å². The Labute approximate surface area is 392 Å². The summed E-state index contributed by atoms with van der Waals surface area (Å²) in [5.74, 6) is -3.61. The number of esters is 1. The van der Waals surface area contributed by atoms with E-state index in [0.29, 0.717) is 6.54 Å². The molecule has 0 spiro atoms. The highest BCUT2D eigenvalue weighted by Gasteiger charge is 2.40. The van der Waals surface area contributed by atoms with Crippen LogP contribution < -0.4 is 16.0 Å². The zero-order valence-corrected chi connectivity index (χ0v) is 41.5. The molecule has 1 saturated heterocycles. The number of nitrogens with one attached hydrogen (secondary N) is 3. The number of aliphatic hydroxyl groups excluding tert-OH is 1. The van der Waals surface area contributed by atoms with Gasteiger partial charge in [-0.2, -0.15) is 0 Å². The highest BCUT2D eigenvalue weighted by Crippen LogP contribution is 2.26. The van der Waals surface area contributed by atoms with Crippen molar-refractivity contribution in [3.05, 3.63) is 71.9 Å². The normalized spacial score (nSPS) is 25.2. The number of para-hydroxylation sites is 1. The van der Waals surface area contributed by atoms with Crippen LogP contribution in [0.15, 0.2) is 60.8 Å². The van der Waals surface area contributed by atoms with Crippen molar-refractivity contribution in [3.63, 3.8) is 0 Å². The lowest BCUT2D eigenvalue weighted by atomic mass is 9.96. The third-order valence-electron chi connectivity index (χ3n) is 12.4. The molecular weight excluding hydrogens is 839 g/mol. The Morgan fingerprint density at radius 2 is 1.08 bits per heavy atom. The highest BCUT2D eigenvalue weighted by molar-refractivity contribution is 5.97. The third-order valence-corrected chi connectivity index (χ3v) is 12.4. The summed E-state index contributed by atoms with van der Waals surface area (Å²) in [7, 11) is 4.54. The molecule has 5 amide bonds. The summed E-state index contributed by atoms with van der Waals surface area (Å²) in [6, 6.07) is 11.4. The number of rotatable bonds is 12. The van der Waals surface area contributed by atoms with Gasteiger partial charge in [-0.25, -0.2) is 4.79 Å². The molecule has 0 aliphatic carbocycles. The van der Waals surface area contributed by atoms with E-state index in [0.717, 1.165) is 22.0 Å². The largest absolute Gasteiger partial charge is 0.457 e. The molecule has 0 saturated carbocycles. The van der Waals surface area contributed by atoms with E-state index >= 15 is 9.59 Å². The van der Waals surface area contributed by atoms with E-state index < -0.39 is 84.1 Å². The number of cyclic esters (lactones) is 1. The second kappa shape index (κ2) is 24.0. The maximum absolute atomic E-state index is 15.0. The number of carbonyl (C=O) groups is 6. The SMILES string of the molecule is CC(C)C[C@@H]1NC(=O)[C@H](Cc2cn(Cc3ccccc3)c3ccccc23)N(C)C(=O)[C@H](CC(C)C)NC(=O)[C@H](CC(C)C)N(C)C(=O)[C@H](CC(C)C)NC(O)[C@@H](C)OC(=O)[C@H](C)N(C)C1=O. The van der Waals surface area contributed by atoms with Crippen LogP contribution in [0.5, 0.6) is 0 Å². The fourth-order valence-corrected chi connectivity index (χ4v) is 8.61. The number of carbonyl (C=O) groups excluding carboxylic acids is 6. The minimum atomic E-state index is -1.49. The van der Waals surface area contributed by atoms with Crippen molar-refractivity contribution >= 4 is 46.4 Å². The molecular formula is C51H77N7O8. The van der Waals surface area contributed by atoms with Crippen LogP contribution in [0.3, 0.4) is 0 Å². The number of hydrogen-bond acceptors (Lipinski definition) is 9.